The summed E-state index contributed by atoms with van der Waals surface area (Å²) in [6, 6.07) is 0. The molecule has 122 valence electrons. The van der Waals surface area contributed by atoms with Gasteiger partial charge in [0.15, 0.2) is 5.96 Å². The highest BCUT2D eigenvalue weighted by molar-refractivity contribution is 8.00. The Labute approximate surface area is 133 Å². The van der Waals surface area contributed by atoms with Crippen LogP contribution in [0.5, 0.6) is 0 Å². The molecule has 0 spiro atoms. The average Bonchev–Trinajstić information content (AvgIpc) is 2.48. The number of guanidine groups is 1. The fourth-order valence-electron chi connectivity index (χ4n) is 2.27. The van der Waals surface area contributed by atoms with Gasteiger partial charge < -0.3 is 15.5 Å². The number of nitrogens with zero attached hydrogens (tertiary/aromatic N) is 2. The molecule has 2 N–H and O–H groups in total. The number of hydrogen-bond donors (Lipinski definition) is 2. The van der Waals surface area contributed by atoms with Gasteiger partial charge in [0.25, 0.3) is 0 Å². The van der Waals surface area contributed by atoms with Crippen LogP contribution in [0.3, 0.4) is 0 Å². The third-order valence-electron chi connectivity index (χ3n) is 3.75. The quantitative estimate of drug-likeness (QED) is 0.597. The number of carbonyl (C=O) groups is 1. The van der Waals surface area contributed by atoms with Crippen molar-refractivity contribution in [3.8, 4) is 0 Å². The average molecular weight is 314 g/mol. The van der Waals surface area contributed by atoms with Crippen LogP contribution < -0.4 is 10.6 Å². The van der Waals surface area contributed by atoms with Gasteiger partial charge in [0.2, 0.25) is 5.91 Å². The molecule has 0 bridgehead atoms. The summed E-state index contributed by atoms with van der Waals surface area (Å²) in [7, 11) is 1.81. The van der Waals surface area contributed by atoms with E-state index < -0.39 is 5.41 Å². The Morgan fingerprint density at radius 2 is 2.10 bits per heavy atom. The minimum Gasteiger partial charge on any atom is -0.356 e. The van der Waals surface area contributed by atoms with E-state index in [1.54, 1.807) is 0 Å². The van der Waals surface area contributed by atoms with Crippen LogP contribution in [-0.2, 0) is 4.79 Å². The van der Waals surface area contributed by atoms with Gasteiger partial charge in [-0.3, -0.25) is 9.79 Å². The van der Waals surface area contributed by atoms with Crippen molar-refractivity contribution >= 4 is 23.6 Å². The summed E-state index contributed by atoms with van der Waals surface area (Å²) in [5, 5.41) is 6.93. The number of aliphatic imine (C=N–C) groups is 1. The SMILES string of the molecule is CCNC(=O)C(C)(C)CNC(=NC)N1CCSC(CC)C1. The zero-order valence-corrected chi connectivity index (χ0v) is 14.8. The van der Waals surface area contributed by atoms with Crippen molar-refractivity contribution in [1.82, 2.24) is 15.5 Å². The van der Waals surface area contributed by atoms with E-state index in [4.69, 9.17) is 0 Å². The Bertz CT molecular complexity index is 371. The highest BCUT2D eigenvalue weighted by Crippen LogP contribution is 2.21. The number of hydrogen-bond acceptors (Lipinski definition) is 3. The van der Waals surface area contributed by atoms with Gasteiger partial charge in [-0.2, -0.15) is 11.8 Å². The van der Waals surface area contributed by atoms with Crippen molar-refractivity contribution < 1.29 is 4.79 Å². The molecule has 1 rings (SSSR count). The van der Waals surface area contributed by atoms with E-state index >= 15 is 0 Å². The molecule has 5 nitrogen and oxygen atoms in total. The summed E-state index contributed by atoms with van der Waals surface area (Å²) in [4.78, 5) is 18.7. The lowest BCUT2D eigenvalue weighted by molar-refractivity contribution is -0.128. The van der Waals surface area contributed by atoms with Crippen LogP contribution >= 0.6 is 11.8 Å². The molecule has 1 atom stereocenters. The van der Waals surface area contributed by atoms with Crippen LogP contribution in [0, 0.1) is 5.41 Å². The minimum atomic E-state index is -0.444. The Kier molecular flexibility index (Phi) is 7.35. The summed E-state index contributed by atoms with van der Waals surface area (Å²) < 4.78 is 0. The molecule has 6 heteroatoms. The highest BCUT2D eigenvalue weighted by Gasteiger charge is 2.28. The molecule has 1 unspecified atom stereocenters. The number of nitrogens with one attached hydrogen (secondary N) is 2. The molecule has 21 heavy (non-hydrogen) atoms. The predicted octanol–water partition coefficient (Wildman–Crippen LogP) is 1.55. The molecule has 0 aliphatic carbocycles. The molecule has 1 heterocycles. The number of rotatable bonds is 5. The summed E-state index contributed by atoms with van der Waals surface area (Å²) in [6.07, 6.45) is 1.18. The first kappa shape index (κ1) is 18.1. The topological polar surface area (TPSA) is 56.7 Å². The molecular formula is C15H30N4OS. The second-order valence-electron chi connectivity index (χ2n) is 5.99. The third-order valence-corrected chi connectivity index (χ3v) is 5.12. The van der Waals surface area contributed by atoms with Crippen LogP contribution in [0.2, 0.25) is 0 Å². The normalized spacial score (nSPS) is 20.3. The van der Waals surface area contributed by atoms with E-state index in [2.05, 4.69) is 27.4 Å². The highest BCUT2D eigenvalue weighted by atomic mass is 32.2. The van der Waals surface area contributed by atoms with E-state index in [-0.39, 0.29) is 5.91 Å². The molecule has 1 aliphatic heterocycles. The second-order valence-corrected chi connectivity index (χ2v) is 7.40. The Balaban J connectivity index is 2.56. The summed E-state index contributed by atoms with van der Waals surface area (Å²) in [6.45, 7) is 11.4. The lowest BCUT2D eigenvalue weighted by atomic mass is 9.92. The first-order valence-electron chi connectivity index (χ1n) is 7.80. The molecule has 1 aliphatic rings. The van der Waals surface area contributed by atoms with E-state index in [1.807, 2.05) is 39.6 Å². The van der Waals surface area contributed by atoms with Gasteiger partial charge in [-0.1, -0.05) is 6.92 Å². The van der Waals surface area contributed by atoms with E-state index in [0.29, 0.717) is 18.3 Å². The van der Waals surface area contributed by atoms with Crippen molar-refractivity contribution in [3.63, 3.8) is 0 Å². The van der Waals surface area contributed by atoms with Crippen LogP contribution in [0.4, 0.5) is 0 Å². The van der Waals surface area contributed by atoms with Crippen molar-refractivity contribution in [3.05, 3.63) is 0 Å². The summed E-state index contributed by atoms with van der Waals surface area (Å²) in [5.41, 5.74) is -0.444. The molecule has 0 aromatic heterocycles. The van der Waals surface area contributed by atoms with Gasteiger partial charge in [0.1, 0.15) is 0 Å². The molecule has 0 saturated carbocycles. The maximum atomic E-state index is 12.0. The van der Waals surface area contributed by atoms with Crippen molar-refractivity contribution in [2.75, 3.05) is 39.0 Å². The Morgan fingerprint density at radius 1 is 1.38 bits per heavy atom. The number of carbonyl (C=O) groups excluding carboxylic acids is 1. The predicted molar refractivity (Wildman–Crippen MR) is 91.9 cm³/mol. The van der Waals surface area contributed by atoms with Gasteiger partial charge in [-0.05, 0) is 27.2 Å². The fraction of sp³-hybridized carbons (Fsp3) is 0.867. The van der Waals surface area contributed by atoms with Crippen molar-refractivity contribution in [1.29, 1.82) is 0 Å². The standard InChI is InChI=1S/C15H30N4OS/c1-6-12-10-19(8-9-21-12)14(16-5)18-11-15(3,4)13(20)17-7-2/h12H,6-11H2,1-5H3,(H,16,18)(H,17,20). The van der Waals surface area contributed by atoms with Crippen LogP contribution in [0.1, 0.15) is 34.1 Å². The van der Waals surface area contributed by atoms with Gasteiger partial charge >= 0.3 is 0 Å². The van der Waals surface area contributed by atoms with Gasteiger partial charge in [-0.25, -0.2) is 0 Å². The monoisotopic (exact) mass is 314 g/mol. The lowest BCUT2D eigenvalue weighted by Crippen LogP contribution is -2.52. The maximum Gasteiger partial charge on any atom is 0.227 e. The van der Waals surface area contributed by atoms with Crippen LogP contribution in [0.25, 0.3) is 0 Å². The third kappa shape index (κ3) is 5.41. The zero-order chi connectivity index (χ0) is 15.9. The minimum absolute atomic E-state index is 0.0774. The van der Waals surface area contributed by atoms with Crippen LogP contribution in [0.15, 0.2) is 4.99 Å². The fourth-order valence-corrected chi connectivity index (χ4v) is 3.45. The van der Waals surface area contributed by atoms with Gasteiger partial charge in [0.05, 0.1) is 5.41 Å². The number of thioether (sulfide) groups is 1. The van der Waals surface area contributed by atoms with E-state index in [0.717, 1.165) is 24.8 Å². The molecule has 0 radical (unpaired) electrons. The molecule has 1 fully saturated rings. The summed E-state index contributed by atoms with van der Waals surface area (Å²) >= 11 is 2.04. The Hall–Kier alpha value is -0.910. The number of amides is 1. The largest absolute Gasteiger partial charge is 0.356 e. The van der Waals surface area contributed by atoms with Crippen molar-refractivity contribution in [2.45, 2.75) is 39.4 Å². The molecule has 1 amide bonds. The first-order valence-corrected chi connectivity index (χ1v) is 8.85. The molecule has 0 aromatic carbocycles. The Morgan fingerprint density at radius 3 is 2.67 bits per heavy atom. The lowest BCUT2D eigenvalue weighted by Gasteiger charge is -2.35. The van der Waals surface area contributed by atoms with Gasteiger partial charge in [0, 0.05) is 44.2 Å². The van der Waals surface area contributed by atoms with Gasteiger partial charge in [-0.15, -0.1) is 0 Å². The molecular weight excluding hydrogens is 284 g/mol. The first-order chi connectivity index (χ1) is 9.94. The molecule has 1 saturated heterocycles. The maximum absolute atomic E-state index is 12.0. The van der Waals surface area contributed by atoms with E-state index in [1.165, 1.54) is 6.42 Å². The summed E-state index contributed by atoms with van der Waals surface area (Å²) in [5.74, 6) is 2.12. The van der Waals surface area contributed by atoms with Crippen molar-refractivity contribution in [2.24, 2.45) is 10.4 Å². The van der Waals surface area contributed by atoms with E-state index in [9.17, 15) is 4.79 Å². The molecule has 0 aromatic rings. The van der Waals surface area contributed by atoms with Crippen LogP contribution in [-0.4, -0.2) is 61.0 Å². The zero-order valence-electron chi connectivity index (χ0n) is 14.0. The smallest absolute Gasteiger partial charge is 0.227 e. The second kappa shape index (κ2) is 8.51.